The minimum absolute atomic E-state index is 0.118. The first-order valence-corrected chi connectivity index (χ1v) is 9.23. The number of ether oxygens (including phenoxy) is 1. The van der Waals surface area contributed by atoms with E-state index in [0.29, 0.717) is 42.4 Å². The molecule has 1 aliphatic carbocycles. The lowest BCUT2D eigenvalue weighted by molar-refractivity contribution is -0.0458. The highest BCUT2D eigenvalue weighted by Gasteiger charge is 2.22. The van der Waals surface area contributed by atoms with Crippen LogP contribution in [0.25, 0.3) is 11.1 Å². The summed E-state index contributed by atoms with van der Waals surface area (Å²) in [6, 6.07) is 9.88. The van der Waals surface area contributed by atoms with Gasteiger partial charge in [-0.15, -0.1) is 0 Å². The Kier molecular flexibility index (Phi) is 6.29. The second-order valence-electron chi connectivity index (χ2n) is 7.12. The predicted octanol–water partition coefficient (Wildman–Crippen LogP) is 3.95. The van der Waals surface area contributed by atoms with Crippen LogP contribution < -0.4 is 9.64 Å². The Labute approximate surface area is 158 Å². The Morgan fingerprint density at radius 1 is 1.11 bits per heavy atom. The summed E-state index contributed by atoms with van der Waals surface area (Å²) in [5.74, 6) is 0.0250. The average Bonchev–Trinajstić information content (AvgIpc) is 3.43. The summed E-state index contributed by atoms with van der Waals surface area (Å²) in [7, 11) is 1.58. The highest BCUT2D eigenvalue weighted by molar-refractivity contribution is 5.68. The van der Waals surface area contributed by atoms with Gasteiger partial charge in [0.2, 0.25) is 0 Å². The Morgan fingerprint density at radius 3 is 2.44 bits per heavy atom. The van der Waals surface area contributed by atoms with Crippen molar-refractivity contribution in [2.75, 3.05) is 25.1 Å². The summed E-state index contributed by atoms with van der Waals surface area (Å²) in [6.07, 6.45) is 1.55. The molecule has 0 saturated heterocycles. The summed E-state index contributed by atoms with van der Waals surface area (Å²) < 4.78 is 34.9. The van der Waals surface area contributed by atoms with Gasteiger partial charge in [-0.05, 0) is 67.0 Å². The zero-order valence-electron chi connectivity index (χ0n) is 15.4. The molecule has 3 rings (SSSR count). The Balaban J connectivity index is 1.74. The van der Waals surface area contributed by atoms with Crippen molar-refractivity contribution in [1.29, 1.82) is 0 Å². The van der Waals surface area contributed by atoms with Crippen LogP contribution in [0.3, 0.4) is 0 Å². The normalized spacial score (nSPS) is 13.9. The molecule has 2 aromatic carbocycles. The number of nitrogens with zero attached hydrogens (tertiary/aromatic N) is 1. The third-order valence-electron chi connectivity index (χ3n) is 4.70. The number of benzene rings is 2. The van der Waals surface area contributed by atoms with Gasteiger partial charge in [0, 0.05) is 13.6 Å². The van der Waals surface area contributed by atoms with Crippen LogP contribution in [-0.2, 0) is 0 Å². The summed E-state index contributed by atoms with van der Waals surface area (Å²) >= 11 is 0. The topological polar surface area (TPSA) is 52.9 Å². The van der Waals surface area contributed by atoms with E-state index >= 15 is 0 Å². The number of anilines is 1. The van der Waals surface area contributed by atoms with E-state index < -0.39 is 17.9 Å². The monoisotopic (exact) mass is 377 g/mol. The summed E-state index contributed by atoms with van der Waals surface area (Å²) in [5, 5.41) is 17.8. The first kappa shape index (κ1) is 19.6. The molecule has 0 bridgehead atoms. The maximum Gasteiger partial charge on any atom is 0.151 e. The first-order valence-electron chi connectivity index (χ1n) is 9.23. The maximum atomic E-state index is 14.6. The van der Waals surface area contributed by atoms with Gasteiger partial charge >= 0.3 is 0 Å². The van der Waals surface area contributed by atoms with Crippen molar-refractivity contribution in [3.05, 3.63) is 48.0 Å². The summed E-state index contributed by atoms with van der Waals surface area (Å²) in [5.41, 5.74) is 1.02. The molecule has 1 aliphatic rings. The molecule has 0 heterocycles. The standard InChI is InChI=1S/C21H25F2NO3/c1-24(9-3-6-20(25)26)21-18(22)11-16(12-19(21)23)15-4-2-5-17(10-15)27-13-14-7-8-14/h2,4-5,10-12,14,20,25-26H,3,6-9,13H2,1H3. The van der Waals surface area contributed by atoms with E-state index in [1.807, 2.05) is 12.1 Å². The largest absolute Gasteiger partial charge is 0.493 e. The molecule has 0 aliphatic heterocycles. The Hall–Kier alpha value is -2.18. The van der Waals surface area contributed by atoms with E-state index in [1.165, 1.54) is 29.9 Å². The van der Waals surface area contributed by atoms with E-state index in [-0.39, 0.29) is 12.1 Å². The van der Waals surface area contributed by atoms with Crippen LogP contribution in [0.4, 0.5) is 14.5 Å². The molecule has 0 atom stereocenters. The van der Waals surface area contributed by atoms with Crippen LogP contribution >= 0.6 is 0 Å². The van der Waals surface area contributed by atoms with E-state index in [1.54, 1.807) is 19.2 Å². The predicted molar refractivity (Wildman–Crippen MR) is 101 cm³/mol. The molecule has 4 nitrogen and oxygen atoms in total. The molecule has 2 aromatic rings. The molecule has 6 heteroatoms. The fraction of sp³-hybridized carbons (Fsp3) is 0.429. The molecular weight excluding hydrogens is 352 g/mol. The first-order chi connectivity index (χ1) is 12.9. The van der Waals surface area contributed by atoms with Crippen LogP contribution in [0.15, 0.2) is 36.4 Å². The second-order valence-corrected chi connectivity index (χ2v) is 7.12. The van der Waals surface area contributed by atoms with Gasteiger partial charge in [0.05, 0.1) is 6.61 Å². The maximum absolute atomic E-state index is 14.6. The molecule has 0 spiro atoms. The van der Waals surface area contributed by atoms with E-state index in [2.05, 4.69) is 0 Å². The fourth-order valence-corrected chi connectivity index (χ4v) is 2.98. The smallest absolute Gasteiger partial charge is 0.151 e. The number of hydrogen-bond acceptors (Lipinski definition) is 4. The van der Waals surface area contributed by atoms with Crippen molar-refractivity contribution in [2.24, 2.45) is 5.92 Å². The van der Waals surface area contributed by atoms with Gasteiger partial charge in [-0.1, -0.05) is 12.1 Å². The van der Waals surface area contributed by atoms with Crippen molar-refractivity contribution < 1.29 is 23.7 Å². The number of rotatable bonds is 9. The quantitative estimate of drug-likeness (QED) is 0.650. The number of aliphatic hydroxyl groups is 2. The average molecular weight is 377 g/mol. The van der Waals surface area contributed by atoms with Gasteiger partial charge in [-0.25, -0.2) is 8.78 Å². The van der Waals surface area contributed by atoms with E-state index in [4.69, 9.17) is 14.9 Å². The summed E-state index contributed by atoms with van der Waals surface area (Å²) in [6.45, 7) is 0.994. The SMILES string of the molecule is CN(CCCC(O)O)c1c(F)cc(-c2cccc(OCC3CC3)c2)cc1F. The molecule has 0 unspecified atom stereocenters. The van der Waals surface area contributed by atoms with Gasteiger partial charge in [0.25, 0.3) is 0 Å². The van der Waals surface area contributed by atoms with Crippen LogP contribution in [0.1, 0.15) is 25.7 Å². The van der Waals surface area contributed by atoms with E-state index in [9.17, 15) is 8.78 Å². The molecular formula is C21H25F2NO3. The third kappa shape index (κ3) is 5.40. The zero-order valence-corrected chi connectivity index (χ0v) is 15.4. The molecule has 146 valence electrons. The van der Waals surface area contributed by atoms with Crippen LogP contribution in [0.5, 0.6) is 5.75 Å². The van der Waals surface area contributed by atoms with Gasteiger partial charge in [-0.3, -0.25) is 0 Å². The molecule has 1 saturated carbocycles. The summed E-state index contributed by atoms with van der Waals surface area (Å²) in [4.78, 5) is 1.45. The van der Waals surface area contributed by atoms with Crippen molar-refractivity contribution in [2.45, 2.75) is 32.0 Å². The molecule has 0 amide bonds. The van der Waals surface area contributed by atoms with Gasteiger partial charge < -0.3 is 19.8 Å². The van der Waals surface area contributed by atoms with Gasteiger partial charge in [0.1, 0.15) is 23.1 Å². The lowest BCUT2D eigenvalue weighted by Gasteiger charge is -2.21. The molecule has 1 fully saturated rings. The zero-order chi connectivity index (χ0) is 19.4. The number of hydrogen-bond donors (Lipinski definition) is 2. The molecule has 27 heavy (non-hydrogen) atoms. The number of halogens is 2. The van der Waals surface area contributed by atoms with Crippen molar-refractivity contribution in [3.8, 4) is 16.9 Å². The van der Waals surface area contributed by atoms with Gasteiger partial charge in [-0.2, -0.15) is 0 Å². The van der Waals surface area contributed by atoms with Crippen LogP contribution in [0.2, 0.25) is 0 Å². The molecule has 0 aromatic heterocycles. The minimum Gasteiger partial charge on any atom is -0.493 e. The van der Waals surface area contributed by atoms with E-state index in [0.717, 1.165) is 0 Å². The van der Waals surface area contributed by atoms with Crippen molar-refractivity contribution in [1.82, 2.24) is 0 Å². The molecule has 2 N–H and O–H groups in total. The second kappa shape index (κ2) is 8.67. The van der Waals surface area contributed by atoms with Gasteiger partial charge in [0.15, 0.2) is 6.29 Å². The molecule has 0 radical (unpaired) electrons. The Morgan fingerprint density at radius 2 is 1.81 bits per heavy atom. The number of aliphatic hydroxyl groups excluding tert-OH is 1. The van der Waals surface area contributed by atoms with Crippen LogP contribution in [0, 0.1) is 17.6 Å². The van der Waals surface area contributed by atoms with Crippen molar-refractivity contribution in [3.63, 3.8) is 0 Å². The lowest BCUT2D eigenvalue weighted by Crippen LogP contribution is -2.22. The lowest BCUT2D eigenvalue weighted by atomic mass is 10.0. The minimum atomic E-state index is -1.41. The third-order valence-corrected chi connectivity index (χ3v) is 4.70. The highest BCUT2D eigenvalue weighted by Crippen LogP contribution is 2.33. The fourth-order valence-electron chi connectivity index (χ4n) is 2.98. The Bertz CT molecular complexity index is 755. The highest BCUT2D eigenvalue weighted by atomic mass is 19.1. The van der Waals surface area contributed by atoms with Crippen LogP contribution in [-0.4, -0.2) is 36.7 Å². The van der Waals surface area contributed by atoms with Crippen molar-refractivity contribution >= 4 is 5.69 Å².